The summed E-state index contributed by atoms with van der Waals surface area (Å²) >= 11 is 16.1. The number of amides is 7. The smallest absolute Gasteiger partial charge is 0.412 e. The van der Waals surface area contributed by atoms with Crippen LogP contribution in [0.5, 0.6) is 0 Å². The molecule has 7 amide bonds. The number of carbonyl (C=O) groups is 8. The fourth-order valence-corrected chi connectivity index (χ4v) is 11.9. The molecule has 4 heterocycles. The number of aliphatic hydroxyl groups is 1. The number of imide groups is 1. The molecule has 0 radical (unpaired) electrons. The molecule has 6 N–H and O–H groups in total. The Balaban J connectivity index is 1.15. The molecule has 2 saturated heterocycles. The molecule has 0 spiro atoms. The lowest BCUT2D eigenvalue weighted by atomic mass is 9.78. The molecular weight excluding hydrogens is 1150 g/mol. The van der Waals surface area contributed by atoms with Crippen LogP contribution in [0.15, 0.2) is 70.8 Å². The normalized spacial score (nSPS) is 25.7. The van der Waals surface area contributed by atoms with E-state index in [-0.39, 0.29) is 73.8 Å². The van der Waals surface area contributed by atoms with Gasteiger partial charge in [-0.15, -0.1) is 0 Å². The molecule has 81 heavy (non-hydrogen) atoms. The number of nitrogens with one attached hydrogen (secondary N) is 3. The lowest BCUT2D eigenvalue weighted by Gasteiger charge is -2.41. The number of anilines is 2. The standard InChI is InChI=1S/C59H76BrClN6O13S/c1-33(2)40(29-39(81)15-10-9-11-23-67-49(69)20-21-50(67)70)55(73)64-43(16-13-22-63-56(62)74)45(68)28-37-18-19-42(41(60)26-37)65-57(75)79-48-30-51(71)66(7)44-27-38(25-35(4)53(44)61)24-34(3)14-12-17-47(77-8)59(76)31-46(78-52(72)32-59)36(5)54-58(48,6)80-54/h12,14,17-21,25-27,33,36,40,43,46-48,54,76H,9-11,13,15-16,22-24,28-32H2,1-8H3,(H,64,73)(H,65,75)(H3,62,63,74)/b17-12+,34-14+/t36-,40+,43+,46+,47-,48+,54+,58+,59-/m1/s1. The molecule has 440 valence electrons. The molecule has 4 aliphatic rings. The quantitative estimate of drug-likeness (QED) is 0.0259. The summed E-state index contributed by atoms with van der Waals surface area (Å²) in [4.78, 5) is 108. The summed E-state index contributed by atoms with van der Waals surface area (Å²) in [5.41, 5.74) is 6.26. The Morgan fingerprint density at radius 3 is 2.42 bits per heavy atom. The zero-order chi connectivity index (χ0) is 59.5. The predicted octanol–water partition coefficient (Wildman–Crippen LogP) is 8.25. The number of esters is 1. The van der Waals surface area contributed by atoms with Gasteiger partial charge in [0.15, 0.2) is 5.78 Å². The summed E-state index contributed by atoms with van der Waals surface area (Å²) in [6.07, 6.45) is 6.64. The van der Waals surface area contributed by atoms with E-state index in [1.54, 1.807) is 44.3 Å². The number of primary amides is 1. The largest absolute Gasteiger partial charge is 0.462 e. The van der Waals surface area contributed by atoms with Crippen molar-refractivity contribution in [3.05, 3.63) is 92.5 Å². The molecule has 2 aromatic rings. The molecule has 22 heteroatoms. The van der Waals surface area contributed by atoms with E-state index in [4.69, 9.17) is 48.5 Å². The van der Waals surface area contributed by atoms with Crippen molar-refractivity contribution < 1.29 is 62.4 Å². The molecule has 4 aliphatic heterocycles. The van der Waals surface area contributed by atoms with Crippen LogP contribution in [-0.2, 0) is 60.6 Å². The summed E-state index contributed by atoms with van der Waals surface area (Å²) in [5, 5.41) is 20.6. The summed E-state index contributed by atoms with van der Waals surface area (Å²) in [5.74, 6) is -3.55. The number of methoxy groups -OCH3 is 1. The van der Waals surface area contributed by atoms with Crippen molar-refractivity contribution >= 4 is 103 Å². The maximum atomic E-state index is 14.4. The zero-order valence-corrected chi connectivity index (χ0v) is 50.4. The number of carbonyl (C=O) groups excluding carboxylic acids is 8. The van der Waals surface area contributed by atoms with Gasteiger partial charge in [0.05, 0.1) is 41.4 Å². The van der Waals surface area contributed by atoms with Gasteiger partial charge in [-0.2, -0.15) is 0 Å². The molecule has 2 aromatic carbocycles. The summed E-state index contributed by atoms with van der Waals surface area (Å²) in [6, 6.07) is 7.01. The van der Waals surface area contributed by atoms with Crippen LogP contribution >= 0.6 is 39.7 Å². The monoisotopic (exact) mass is 1220 g/mol. The first-order valence-electron chi connectivity index (χ1n) is 27.4. The lowest BCUT2D eigenvalue weighted by molar-refractivity contribution is -0.187. The lowest BCUT2D eigenvalue weighted by Crippen LogP contribution is -2.53. The van der Waals surface area contributed by atoms with E-state index >= 15 is 0 Å². The molecular formula is C59H76BrClN6O13S. The third-order valence-corrected chi connectivity index (χ3v) is 17.1. The SMILES string of the molecule is CO[C@@H]1/C=C/C=C(\C)Cc2cc(C)c(Cl)c(c2)N(C)C(=O)C[C@H](OC(=O)Nc2ccc(CC(=O)[C@H](CCCNC(N)=O)NC(=O)[C@@H](CC(=S)CCCCCN3C(=O)C=CC3=O)C(C)C)cc2Br)[C@]2(C)O[C@H]2[C@H](C)[C@@H]2C[C@@]1(O)CC(=O)O2. The number of nitrogens with zero attached hydrogens (tertiary/aromatic N) is 2. The van der Waals surface area contributed by atoms with E-state index in [1.165, 1.54) is 29.1 Å². The third kappa shape index (κ3) is 17.1. The Kier molecular flexibility index (Phi) is 22.6. The second kappa shape index (κ2) is 28.4. The number of epoxide rings is 1. The Bertz CT molecular complexity index is 2830. The molecule has 4 bridgehead atoms. The fraction of sp³-hybridized carbons (Fsp3) is 0.542. The molecule has 9 atom stereocenters. The number of Topliss-reactive ketones (excluding diaryl/α,β-unsaturated/α-hetero) is 1. The van der Waals surface area contributed by atoms with Gasteiger partial charge in [-0.05, 0) is 127 Å². The van der Waals surface area contributed by atoms with E-state index in [9.17, 15) is 43.5 Å². The first-order chi connectivity index (χ1) is 38.2. The highest BCUT2D eigenvalue weighted by Gasteiger charge is 2.64. The van der Waals surface area contributed by atoms with E-state index in [2.05, 4.69) is 31.9 Å². The Morgan fingerprint density at radius 2 is 1.75 bits per heavy atom. The van der Waals surface area contributed by atoms with E-state index in [0.717, 1.165) is 29.5 Å². The Hall–Kier alpha value is -5.84. The van der Waals surface area contributed by atoms with Gasteiger partial charge in [0.1, 0.15) is 29.5 Å². The van der Waals surface area contributed by atoms with E-state index < -0.39 is 77.5 Å². The topological polar surface area (TPSA) is 266 Å². The van der Waals surface area contributed by atoms with Crippen LogP contribution in [0, 0.1) is 24.7 Å². The number of nitrogens with two attached hydrogens (primary N) is 1. The number of ketones is 1. The summed E-state index contributed by atoms with van der Waals surface area (Å²) in [6.45, 7) is 11.6. The van der Waals surface area contributed by atoms with Crippen LogP contribution in [0.2, 0.25) is 5.02 Å². The first-order valence-corrected chi connectivity index (χ1v) is 29.0. The van der Waals surface area contributed by atoms with Crippen LogP contribution in [-0.4, -0.2) is 131 Å². The Morgan fingerprint density at radius 1 is 1.04 bits per heavy atom. The van der Waals surface area contributed by atoms with Crippen LogP contribution in [0.25, 0.3) is 0 Å². The van der Waals surface area contributed by atoms with Crippen LogP contribution in [0.4, 0.5) is 21.0 Å². The fourth-order valence-electron chi connectivity index (χ4n) is 10.8. The Labute approximate surface area is 492 Å². The minimum atomic E-state index is -1.62. The van der Waals surface area contributed by atoms with E-state index in [1.807, 2.05) is 52.8 Å². The van der Waals surface area contributed by atoms with Crippen molar-refractivity contribution in [2.45, 2.75) is 160 Å². The van der Waals surface area contributed by atoms with Gasteiger partial charge in [0, 0.05) is 68.5 Å². The number of urea groups is 1. The highest BCUT2D eigenvalue weighted by molar-refractivity contribution is 9.10. The number of aryl methyl sites for hydroxylation is 1. The first kappa shape index (κ1) is 64.3. The average molecular weight is 1220 g/mol. The highest BCUT2D eigenvalue weighted by Crippen LogP contribution is 2.50. The van der Waals surface area contributed by atoms with Crippen molar-refractivity contribution in [2.24, 2.45) is 23.5 Å². The van der Waals surface area contributed by atoms with Gasteiger partial charge in [-0.3, -0.25) is 39.0 Å². The molecule has 0 aromatic heterocycles. The second-order valence-corrected chi connectivity index (χ2v) is 24.1. The van der Waals surface area contributed by atoms with Crippen molar-refractivity contribution in [1.29, 1.82) is 0 Å². The van der Waals surface area contributed by atoms with Gasteiger partial charge in [-0.25, -0.2) is 9.59 Å². The number of hydrogen-bond donors (Lipinski definition) is 5. The zero-order valence-electron chi connectivity index (χ0n) is 47.3. The second-order valence-electron chi connectivity index (χ2n) is 22.3. The molecule has 6 rings (SSSR count). The third-order valence-electron chi connectivity index (χ3n) is 15.6. The maximum Gasteiger partial charge on any atom is 0.412 e. The number of rotatable bonds is 21. The number of allylic oxidation sites excluding steroid dienone is 3. The number of unbranched alkanes of at least 4 members (excludes halogenated alkanes) is 2. The van der Waals surface area contributed by atoms with Crippen molar-refractivity contribution in [1.82, 2.24) is 15.5 Å². The van der Waals surface area contributed by atoms with Crippen LogP contribution in [0.3, 0.4) is 0 Å². The number of ether oxygens (including phenoxy) is 4. The highest BCUT2D eigenvalue weighted by atomic mass is 79.9. The number of hydrogen-bond acceptors (Lipinski definition) is 14. The van der Waals surface area contributed by atoms with E-state index in [0.29, 0.717) is 64.3 Å². The number of benzene rings is 2. The molecule has 19 nitrogen and oxygen atoms in total. The van der Waals surface area contributed by atoms with Crippen LogP contribution in [0.1, 0.15) is 116 Å². The van der Waals surface area contributed by atoms with Gasteiger partial charge >= 0.3 is 18.1 Å². The van der Waals surface area contributed by atoms with Gasteiger partial charge in [0.2, 0.25) is 11.8 Å². The van der Waals surface area contributed by atoms with Crippen molar-refractivity contribution in [3.8, 4) is 0 Å². The molecule has 0 unspecified atom stereocenters. The van der Waals surface area contributed by atoms with Gasteiger partial charge < -0.3 is 45.3 Å². The molecule has 0 aliphatic carbocycles. The molecule has 2 fully saturated rings. The predicted molar refractivity (Wildman–Crippen MR) is 313 cm³/mol. The summed E-state index contributed by atoms with van der Waals surface area (Å²) < 4.78 is 24.5. The average Bonchev–Trinajstić information content (AvgIpc) is 4.00. The number of thiocarbonyl (C=S) groups is 1. The number of fused-ring (bicyclic) bond motifs is 5. The van der Waals surface area contributed by atoms with Gasteiger partial charge in [-0.1, -0.05) is 86.9 Å². The van der Waals surface area contributed by atoms with Crippen molar-refractivity contribution in [2.75, 3.05) is 37.5 Å². The number of halogens is 2. The molecule has 0 saturated carbocycles. The summed E-state index contributed by atoms with van der Waals surface area (Å²) in [7, 11) is 3.06. The van der Waals surface area contributed by atoms with Crippen molar-refractivity contribution in [3.63, 3.8) is 0 Å². The van der Waals surface area contributed by atoms with Crippen LogP contribution < -0.4 is 26.6 Å². The minimum absolute atomic E-state index is 0.0181. The maximum absolute atomic E-state index is 14.4. The minimum Gasteiger partial charge on any atom is -0.462 e. The van der Waals surface area contributed by atoms with Gasteiger partial charge in [0.25, 0.3) is 11.8 Å².